The normalized spacial score (nSPS) is 16.0. The third-order valence-corrected chi connectivity index (χ3v) is 4.40. The summed E-state index contributed by atoms with van der Waals surface area (Å²) in [5.41, 5.74) is 0.165. The van der Waals surface area contributed by atoms with Gasteiger partial charge >= 0.3 is 6.18 Å². The largest absolute Gasteiger partial charge is 0.493 e. The summed E-state index contributed by atoms with van der Waals surface area (Å²) < 4.78 is 50.0. The summed E-state index contributed by atoms with van der Waals surface area (Å²) in [6, 6.07) is 3.16. The van der Waals surface area contributed by atoms with E-state index in [0.717, 1.165) is 32.1 Å². The van der Waals surface area contributed by atoms with Gasteiger partial charge in [0.25, 0.3) is 0 Å². The van der Waals surface area contributed by atoms with Crippen LogP contribution >= 0.6 is 0 Å². The molecule has 1 aromatic carbocycles. The van der Waals surface area contributed by atoms with Crippen molar-refractivity contribution in [2.24, 2.45) is 0 Å². The molecule has 0 bridgehead atoms. The van der Waals surface area contributed by atoms with Crippen molar-refractivity contribution >= 4 is 16.7 Å². The molecule has 1 fully saturated rings. The first-order chi connectivity index (χ1) is 11.9. The van der Waals surface area contributed by atoms with Crippen LogP contribution in [0, 0.1) is 0 Å². The van der Waals surface area contributed by atoms with E-state index in [4.69, 9.17) is 9.47 Å². The van der Waals surface area contributed by atoms with E-state index in [9.17, 15) is 13.2 Å². The number of nitrogens with one attached hydrogen (secondary N) is 1. The van der Waals surface area contributed by atoms with Gasteiger partial charge < -0.3 is 14.8 Å². The van der Waals surface area contributed by atoms with Gasteiger partial charge in [0, 0.05) is 17.5 Å². The van der Waals surface area contributed by atoms with Gasteiger partial charge in [-0.15, -0.1) is 0 Å². The number of alkyl halides is 3. The molecule has 0 unspecified atom stereocenters. The molecular weight excluding hydrogens is 335 g/mol. The highest BCUT2D eigenvalue weighted by atomic mass is 19.4. The molecule has 0 amide bonds. The Morgan fingerprint density at radius 2 is 1.64 bits per heavy atom. The topological polar surface area (TPSA) is 56.3 Å². The van der Waals surface area contributed by atoms with Crippen molar-refractivity contribution in [3.63, 3.8) is 0 Å². The van der Waals surface area contributed by atoms with Crippen LogP contribution in [0.3, 0.4) is 0 Å². The minimum atomic E-state index is -4.62. The molecule has 1 aliphatic carbocycles. The average Bonchev–Trinajstić information content (AvgIpc) is 2.60. The minimum Gasteiger partial charge on any atom is -0.493 e. The molecule has 1 heterocycles. The molecule has 8 heteroatoms. The Morgan fingerprint density at radius 1 is 1.00 bits per heavy atom. The van der Waals surface area contributed by atoms with Gasteiger partial charge in [0.1, 0.15) is 5.82 Å². The highest BCUT2D eigenvalue weighted by Gasteiger charge is 2.36. The fourth-order valence-electron chi connectivity index (χ4n) is 3.13. The second-order valence-electron chi connectivity index (χ2n) is 6.10. The lowest BCUT2D eigenvalue weighted by Gasteiger charge is -2.24. The summed E-state index contributed by atoms with van der Waals surface area (Å²) >= 11 is 0. The van der Waals surface area contributed by atoms with Crippen molar-refractivity contribution in [3.05, 3.63) is 18.0 Å². The molecule has 0 radical (unpaired) electrons. The van der Waals surface area contributed by atoms with Crippen LogP contribution in [0.1, 0.15) is 37.9 Å². The predicted octanol–water partition coefficient (Wildman–Crippen LogP) is 4.41. The number of nitrogens with zero attached hydrogens (tertiary/aromatic N) is 2. The molecule has 0 aliphatic heterocycles. The minimum absolute atomic E-state index is 0.112. The number of aromatic nitrogens is 2. The zero-order valence-corrected chi connectivity index (χ0v) is 14.1. The third kappa shape index (κ3) is 3.72. The van der Waals surface area contributed by atoms with Gasteiger partial charge in [-0.05, 0) is 18.9 Å². The fourth-order valence-corrected chi connectivity index (χ4v) is 3.13. The smallest absolute Gasteiger partial charge is 0.451 e. The van der Waals surface area contributed by atoms with Gasteiger partial charge in [-0.1, -0.05) is 19.3 Å². The zero-order chi connectivity index (χ0) is 18.0. The number of hydrogen-bond acceptors (Lipinski definition) is 5. The molecule has 1 saturated carbocycles. The highest BCUT2D eigenvalue weighted by Crippen LogP contribution is 2.37. The van der Waals surface area contributed by atoms with Crippen LogP contribution in [0.25, 0.3) is 10.9 Å². The quantitative estimate of drug-likeness (QED) is 0.880. The number of fused-ring (bicyclic) bond motifs is 1. The maximum Gasteiger partial charge on any atom is 0.451 e. The molecule has 25 heavy (non-hydrogen) atoms. The summed E-state index contributed by atoms with van der Waals surface area (Å²) in [7, 11) is 2.90. The molecule has 0 spiro atoms. The first kappa shape index (κ1) is 17.6. The zero-order valence-electron chi connectivity index (χ0n) is 14.1. The Kier molecular flexibility index (Phi) is 4.87. The van der Waals surface area contributed by atoms with E-state index in [0.29, 0.717) is 16.9 Å². The number of benzene rings is 1. The molecule has 136 valence electrons. The van der Waals surface area contributed by atoms with Crippen LogP contribution in [-0.4, -0.2) is 30.2 Å². The van der Waals surface area contributed by atoms with Crippen LogP contribution in [0.2, 0.25) is 0 Å². The van der Waals surface area contributed by atoms with Gasteiger partial charge in [-0.3, -0.25) is 0 Å². The summed E-state index contributed by atoms with van der Waals surface area (Å²) in [5, 5.41) is 3.66. The second-order valence-corrected chi connectivity index (χ2v) is 6.10. The van der Waals surface area contributed by atoms with E-state index < -0.39 is 12.0 Å². The Hall–Kier alpha value is -2.25. The van der Waals surface area contributed by atoms with E-state index >= 15 is 0 Å². The summed E-state index contributed by atoms with van der Waals surface area (Å²) in [6.45, 7) is 0. The molecular formula is C17H20F3N3O2. The van der Waals surface area contributed by atoms with Crippen molar-refractivity contribution in [1.82, 2.24) is 9.97 Å². The van der Waals surface area contributed by atoms with Crippen LogP contribution in [-0.2, 0) is 6.18 Å². The molecule has 5 nitrogen and oxygen atoms in total. The van der Waals surface area contributed by atoms with Gasteiger partial charge in [0.15, 0.2) is 11.5 Å². The third-order valence-electron chi connectivity index (χ3n) is 4.40. The number of ether oxygens (including phenoxy) is 2. The van der Waals surface area contributed by atoms with Crippen molar-refractivity contribution in [2.75, 3.05) is 19.5 Å². The number of rotatable bonds is 4. The molecule has 1 aliphatic rings. The first-order valence-electron chi connectivity index (χ1n) is 8.20. The second kappa shape index (κ2) is 6.93. The molecule has 1 N–H and O–H groups in total. The number of hydrogen-bond donors (Lipinski definition) is 1. The summed E-state index contributed by atoms with van der Waals surface area (Å²) in [5.74, 6) is -0.230. The lowest BCUT2D eigenvalue weighted by Crippen LogP contribution is -2.24. The highest BCUT2D eigenvalue weighted by molar-refractivity contribution is 5.92. The molecule has 3 rings (SSSR count). The Balaban J connectivity index is 2.12. The van der Waals surface area contributed by atoms with Crippen molar-refractivity contribution in [1.29, 1.82) is 0 Å². The van der Waals surface area contributed by atoms with Gasteiger partial charge in [-0.2, -0.15) is 13.2 Å². The molecule has 1 aromatic heterocycles. The van der Waals surface area contributed by atoms with E-state index in [1.54, 1.807) is 6.07 Å². The van der Waals surface area contributed by atoms with Crippen LogP contribution in [0.4, 0.5) is 19.0 Å². The van der Waals surface area contributed by atoms with E-state index in [1.165, 1.54) is 20.3 Å². The van der Waals surface area contributed by atoms with Gasteiger partial charge in [0.05, 0.1) is 19.7 Å². The van der Waals surface area contributed by atoms with E-state index in [2.05, 4.69) is 15.3 Å². The molecule has 0 saturated heterocycles. The van der Waals surface area contributed by atoms with E-state index in [1.807, 2.05) is 0 Å². The number of methoxy groups -OCH3 is 2. The standard InChI is InChI=1S/C17H20F3N3O2/c1-24-13-8-11-12(9-14(13)25-2)22-16(17(18,19)20)23-15(11)21-10-6-4-3-5-7-10/h8-10H,3-7H2,1-2H3,(H,21,22,23). The predicted molar refractivity (Wildman–Crippen MR) is 88.1 cm³/mol. The fraction of sp³-hybridized carbons (Fsp3) is 0.529. The van der Waals surface area contributed by atoms with Gasteiger partial charge in [0.2, 0.25) is 5.82 Å². The Labute approximate surface area is 143 Å². The molecule has 2 aromatic rings. The summed E-state index contributed by atoms with van der Waals surface area (Å²) in [6.07, 6.45) is 0.486. The molecule has 0 atom stereocenters. The first-order valence-corrected chi connectivity index (χ1v) is 8.20. The van der Waals surface area contributed by atoms with Crippen LogP contribution in [0.15, 0.2) is 12.1 Å². The number of halogens is 3. The number of anilines is 1. The average molecular weight is 355 g/mol. The SMILES string of the molecule is COc1cc2nc(C(F)(F)F)nc(NC3CCCCC3)c2cc1OC. The monoisotopic (exact) mass is 355 g/mol. The van der Waals surface area contributed by atoms with Crippen LogP contribution in [0.5, 0.6) is 11.5 Å². The van der Waals surface area contributed by atoms with Crippen molar-refractivity contribution < 1.29 is 22.6 Å². The Morgan fingerprint density at radius 3 is 2.24 bits per heavy atom. The lowest BCUT2D eigenvalue weighted by molar-refractivity contribution is -0.144. The summed E-state index contributed by atoms with van der Waals surface area (Å²) in [4.78, 5) is 7.43. The maximum atomic E-state index is 13.2. The lowest BCUT2D eigenvalue weighted by atomic mass is 9.95. The van der Waals surface area contributed by atoms with Gasteiger partial charge in [-0.25, -0.2) is 9.97 Å². The Bertz CT molecular complexity index is 759. The maximum absolute atomic E-state index is 13.2. The van der Waals surface area contributed by atoms with Crippen molar-refractivity contribution in [3.8, 4) is 11.5 Å². The van der Waals surface area contributed by atoms with Crippen molar-refractivity contribution in [2.45, 2.75) is 44.3 Å². The van der Waals surface area contributed by atoms with E-state index in [-0.39, 0.29) is 17.4 Å². The van der Waals surface area contributed by atoms with Crippen LogP contribution < -0.4 is 14.8 Å².